The molecule has 0 nitrogen and oxygen atoms in total. The Bertz CT molecular complexity index is 4620. The second-order valence-corrected chi connectivity index (χ2v) is 23.2. The van der Waals surface area contributed by atoms with E-state index in [0.29, 0.717) is 0 Å². The number of rotatable bonds is 4. The number of benzene rings is 15. The van der Waals surface area contributed by atoms with Crippen molar-refractivity contribution in [2.24, 2.45) is 0 Å². The van der Waals surface area contributed by atoms with Gasteiger partial charge in [0.05, 0.1) is 0 Å². The molecule has 0 radical (unpaired) electrons. The summed E-state index contributed by atoms with van der Waals surface area (Å²) in [5.74, 6) is 0. The topological polar surface area (TPSA) is 0 Å². The van der Waals surface area contributed by atoms with Gasteiger partial charge in [-0.1, -0.05) is 310 Å². The summed E-state index contributed by atoms with van der Waals surface area (Å²) in [6.45, 7) is 15.4. The SMILES string of the molecule is Cc1cc2ccc3cc(C(C)(C)C)cc4ccc(c1)c2c34.Cc1ccc(C(=C(c2ccccc2)c2ccccc2)c2ccccc2)cc1.Cc1ccc2c3ccccc3c3ccccc3c2c1.Cc1ccc2cc3ccccc3cc2c1. The summed E-state index contributed by atoms with van der Waals surface area (Å²) >= 11 is 0. The average molecular weight is 1050 g/mol. The first-order valence-electron chi connectivity index (χ1n) is 28.8. The van der Waals surface area contributed by atoms with Gasteiger partial charge in [0.15, 0.2) is 0 Å². The van der Waals surface area contributed by atoms with Gasteiger partial charge in [0, 0.05) is 0 Å². The third-order valence-corrected chi connectivity index (χ3v) is 16.1. The lowest BCUT2D eigenvalue weighted by atomic mass is 9.83. The van der Waals surface area contributed by atoms with Gasteiger partial charge in [-0.25, -0.2) is 0 Å². The second-order valence-electron chi connectivity index (χ2n) is 23.2. The van der Waals surface area contributed by atoms with E-state index in [0.717, 1.165) is 0 Å². The van der Waals surface area contributed by atoms with Crippen molar-refractivity contribution in [3.63, 3.8) is 0 Å². The molecule has 0 aliphatic carbocycles. The molecule has 0 amide bonds. The highest BCUT2D eigenvalue weighted by molar-refractivity contribution is 6.26. The molecule has 396 valence electrons. The highest BCUT2D eigenvalue weighted by Crippen LogP contribution is 2.40. The van der Waals surface area contributed by atoms with Gasteiger partial charge in [-0.3, -0.25) is 0 Å². The van der Waals surface area contributed by atoms with Crippen molar-refractivity contribution in [2.75, 3.05) is 0 Å². The molecule has 82 heavy (non-hydrogen) atoms. The fourth-order valence-electron chi connectivity index (χ4n) is 12.0. The predicted molar refractivity (Wildman–Crippen MR) is 359 cm³/mol. The molecule has 15 rings (SSSR count). The Morgan fingerprint density at radius 1 is 0.220 bits per heavy atom. The molecule has 15 aromatic carbocycles. The molecule has 0 saturated heterocycles. The van der Waals surface area contributed by atoms with Crippen molar-refractivity contribution in [3.8, 4) is 0 Å². The van der Waals surface area contributed by atoms with Gasteiger partial charge in [0.25, 0.3) is 0 Å². The van der Waals surface area contributed by atoms with E-state index in [4.69, 9.17) is 0 Å². The van der Waals surface area contributed by atoms with Crippen LogP contribution < -0.4 is 0 Å². The molecule has 0 aliphatic rings. The smallest absolute Gasteiger partial charge is 0.00266 e. The van der Waals surface area contributed by atoms with Gasteiger partial charge in [-0.2, -0.15) is 0 Å². The van der Waals surface area contributed by atoms with Crippen molar-refractivity contribution in [2.45, 2.75) is 53.9 Å². The molecule has 0 aromatic heterocycles. The number of aryl methyl sites for hydroxylation is 4. The summed E-state index contributed by atoms with van der Waals surface area (Å²) in [7, 11) is 0. The van der Waals surface area contributed by atoms with Crippen molar-refractivity contribution < 1.29 is 0 Å². The summed E-state index contributed by atoms with van der Waals surface area (Å²) < 4.78 is 0. The predicted octanol–water partition coefficient (Wildman–Crippen LogP) is 22.9. The molecule has 0 aliphatic heterocycles. The maximum Gasteiger partial charge on any atom is -0.00266 e. The first kappa shape index (κ1) is 53.0. The standard InChI is InChI=1S/C27H22.C21H20.C19H14.C15H12/c1-21-17-19-25(20-18-21)27(24-15-9-4-10-16-24)26(22-11-5-2-6-12-22)23-13-7-3-8-14-23;1-13-9-14-5-7-16-11-18(21(2,3)4)12-17-8-6-15(10-13)19(14)20(16)17;1-13-10-11-18-16-8-3-2-6-14(16)15-7-4-5-9-17(15)19(18)12-13;1-11-6-7-14-9-12-4-2-3-5-13(12)10-15(14)8-11/h2-20H,1H3;5-12H,1-4H3;2-12H,1H3;2-10H,1H3. The minimum atomic E-state index is 0.182. The Morgan fingerprint density at radius 3 is 1.00 bits per heavy atom. The lowest BCUT2D eigenvalue weighted by Crippen LogP contribution is -2.10. The summed E-state index contributed by atoms with van der Waals surface area (Å²) in [6, 6.07) is 103. The third-order valence-electron chi connectivity index (χ3n) is 16.1. The van der Waals surface area contributed by atoms with E-state index in [9.17, 15) is 0 Å². The van der Waals surface area contributed by atoms with Crippen LogP contribution in [0.15, 0.2) is 285 Å². The van der Waals surface area contributed by atoms with Crippen LogP contribution in [0.1, 0.15) is 70.8 Å². The van der Waals surface area contributed by atoms with Crippen molar-refractivity contribution >= 4 is 97.3 Å². The average Bonchev–Trinajstić information content (AvgIpc) is 3.54. The molecule has 0 unspecified atom stereocenters. The Morgan fingerprint density at radius 2 is 0.537 bits per heavy atom. The van der Waals surface area contributed by atoms with E-state index < -0.39 is 0 Å². The molecule has 0 spiro atoms. The fourth-order valence-corrected chi connectivity index (χ4v) is 12.0. The Hall–Kier alpha value is -9.62. The Kier molecular flexibility index (Phi) is 14.8. The quantitative estimate of drug-likeness (QED) is 0.0936. The molecule has 0 bridgehead atoms. The van der Waals surface area contributed by atoms with E-state index in [-0.39, 0.29) is 5.41 Å². The Labute approximate surface area is 483 Å². The summed E-state index contributed by atoms with van der Waals surface area (Å²) in [5.41, 5.74) is 14.2. The third kappa shape index (κ3) is 11.0. The molecule has 0 heterocycles. The highest BCUT2D eigenvalue weighted by Gasteiger charge is 2.18. The van der Waals surface area contributed by atoms with Crippen LogP contribution >= 0.6 is 0 Å². The lowest BCUT2D eigenvalue weighted by molar-refractivity contribution is 0.591. The molecule has 0 N–H and O–H groups in total. The largest absolute Gasteiger partial charge is 0.0622 e. The number of hydrogen-bond donors (Lipinski definition) is 0. The maximum atomic E-state index is 2.36. The van der Waals surface area contributed by atoms with Gasteiger partial charge >= 0.3 is 0 Å². The van der Waals surface area contributed by atoms with E-state index in [2.05, 4.69) is 334 Å². The van der Waals surface area contributed by atoms with E-state index >= 15 is 0 Å². The van der Waals surface area contributed by atoms with Gasteiger partial charge in [-0.15, -0.1) is 0 Å². The zero-order valence-electron chi connectivity index (χ0n) is 48.1. The summed E-state index contributed by atoms with van der Waals surface area (Å²) in [5, 5.41) is 21.6. The number of fused-ring (bicyclic) bond motifs is 8. The van der Waals surface area contributed by atoms with E-state index in [1.165, 1.54) is 147 Å². The highest BCUT2D eigenvalue weighted by atomic mass is 14.2. The van der Waals surface area contributed by atoms with Crippen molar-refractivity contribution in [1.82, 2.24) is 0 Å². The molecular formula is C82H68. The number of hydrogen-bond acceptors (Lipinski definition) is 0. The van der Waals surface area contributed by atoms with Gasteiger partial charge < -0.3 is 0 Å². The zero-order chi connectivity index (χ0) is 56.3. The fraction of sp³-hybridized carbons (Fsp3) is 0.0976. The molecular weight excluding hydrogens is 985 g/mol. The first-order chi connectivity index (χ1) is 39.9. The van der Waals surface area contributed by atoms with Crippen LogP contribution in [0.5, 0.6) is 0 Å². The summed E-state index contributed by atoms with van der Waals surface area (Å²) in [4.78, 5) is 0. The second kappa shape index (κ2) is 22.9. The van der Waals surface area contributed by atoms with Crippen LogP contribution in [-0.4, -0.2) is 0 Å². The molecule has 0 saturated carbocycles. The zero-order valence-corrected chi connectivity index (χ0v) is 48.1. The molecule has 0 fully saturated rings. The molecule has 15 aromatic rings. The minimum Gasteiger partial charge on any atom is -0.0622 e. The van der Waals surface area contributed by atoms with Crippen LogP contribution in [0, 0.1) is 27.7 Å². The summed E-state index contributed by atoms with van der Waals surface area (Å²) in [6.07, 6.45) is 0. The molecule has 0 atom stereocenters. The van der Waals surface area contributed by atoms with Crippen LogP contribution in [-0.2, 0) is 5.41 Å². The van der Waals surface area contributed by atoms with Gasteiger partial charge in [-0.05, 0) is 176 Å². The Balaban J connectivity index is 0.000000110. The van der Waals surface area contributed by atoms with Crippen molar-refractivity contribution in [3.05, 3.63) is 335 Å². The van der Waals surface area contributed by atoms with E-state index in [1.807, 2.05) is 0 Å². The first-order valence-corrected chi connectivity index (χ1v) is 28.8. The van der Waals surface area contributed by atoms with Crippen LogP contribution in [0.2, 0.25) is 0 Å². The lowest BCUT2D eigenvalue weighted by Gasteiger charge is -2.21. The minimum absolute atomic E-state index is 0.182. The van der Waals surface area contributed by atoms with E-state index in [1.54, 1.807) is 0 Å². The van der Waals surface area contributed by atoms with Crippen LogP contribution in [0.3, 0.4) is 0 Å². The van der Waals surface area contributed by atoms with Crippen LogP contribution in [0.25, 0.3) is 97.3 Å². The monoisotopic (exact) mass is 1050 g/mol. The van der Waals surface area contributed by atoms with Gasteiger partial charge in [0.1, 0.15) is 0 Å². The van der Waals surface area contributed by atoms with Gasteiger partial charge in [0.2, 0.25) is 0 Å². The maximum absolute atomic E-state index is 2.36. The normalized spacial score (nSPS) is 11.4. The van der Waals surface area contributed by atoms with Crippen LogP contribution in [0.4, 0.5) is 0 Å². The molecule has 0 heteroatoms. The van der Waals surface area contributed by atoms with Crippen molar-refractivity contribution in [1.29, 1.82) is 0 Å².